The summed E-state index contributed by atoms with van der Waals surface area (Å²) in [5.74, 6) is -0.476. The standard InChI is InChI=1S/C12H15NO4S/c1-8-7-18(15,16)11-6-9(12(14)17-3)4-5-10(11)13(8)2/h4-6,8H,7H2,1-3H3. The number of anilines is 1. The van der Waals surface area contributed by atoms with Gasteiger partial charge in [0.1, 0.15) is 0 Å². The molecule has 0 N–H and O–H groups in total. The summed E-state index contributed by atoms with van der Waals surface area (Å²) in [4.78, 5) is 13.5. The first-order valence-electron chi connectivity index (χ1n) is 5.55. The molecule has 1 aromatic rings. The van der Waals surface area contributed by atoms with E-state index in [4.69, 9.17) is 0 Å². The molecular weight excluding hydrogens is 254 g/mol. The van der Waals surface area contributed by atoms with Gasteiger partial charge < -0.3 is 9.64 Å². The minimum absolute atomic E-state index is 0.0567. The van der Waals surface area contributed by atoms with E-state index in [0.29, 0.717) is 5.69 Å². The SMILES string of the molecule is COC(=O)c1ccc2c(c1)S(=O)(=O)CC(C)N2C. The van der Waals surface area contributed by atoms with Crippen LogP contribution in [0.15, 0.2) is 23.1 Å². The third-order valence-electron chi connectivity index (χ3n) is 3.22. The lowest BCUT2D eigenvalue weighted by Gasteiger charge is -2.33. The number of sulfone groups is 1. The van der Waals surface area contributed by atoms with Crippen molar-refractivity contribution in [3.8, 4) is 0 Å². The van der Waals surface area contributed by atoms with Gasteiger partial charge in [-0.15, -0.1) is 0 Å². The lowest BCUT2D eigenvalue weighted by molar-refractivity contribution is 0.0600. The Bertz CT molecular complexity index is 594. The highest BCUT2D eigenvalue weighted by Gasteiger charge is 2.32. The Hall–Kier alpha value is -1.56. The Kier molecular flexibility index (Phi) is 3.06. The fourth-order valence-corrected chi connectivity index (χ4v) is 3.93. The number of carbonyl (C=O) groups is 1. The summed E-state index contributed by atoms with van der Waals surface area (Å²) in [5.41, 5.74) is 0.879. The minimum atomic E-state index is -3.34. The van der Waals surface area contributed by atoms with Crippen LogP contribution < -0.4 is 4.90 Å². The van der Waals surface area contributed by atoms with Crippen LogP contribution in [0, 0.1) is 0 Å². The van der Waals surface area contributed by atoms with Crippen LogP contribution in [0.4, 0.5) is 5.69 Å². The molecule has 18 heavy (non-hydrogen) atoms. The summed E-state index contributed by atoms with van der Waals surface area (Å²) >= 11 is 0. The Morgan fingerprint density at radius 3 is 2.72 bits per heavy atom. The Morgan fingerprint density at radius 1 is 1.44 bits per heavy atom. The van der Waals surface area contributed by atoms with Crippen LogP contribution in [-0.2, 0) is 14.6 Å². The van der Waals surface area contributed by atoms with E-state index in [1.807, 2.05) is 18.9 Å². The van der Waals surface area contributed by atoms with E-state index in [0.717, 1.165) is 0 Å². The second-order valence-corrected chi connectivity index (χ2v) is 6.42. The van der Waals surface area contributed by atoms with Gasteiger partial charge in [0.05, 0.1) is 29.0 Å². The number of hydrogen-bond donors (Lipinski definition) is 0. The summed E-state index contributed by atoms with van der Waals surface area (Å²) in [6.45, 7) is 1.86. The molecule has 2 rings (SSSR count). The fraction of sp³-hybridized carbons (Fsp3) is 0.417. The highest BCUT2D eigenvalue weighted by Crippen LogP contribution is 2.33. The molecule has 0 aliphatic carbocycles. The lowest BCUT2D eigenvalue weighted by Crippen LogP contribution is -2.40. The van der Waals surface area contributed by atoms with Gasteiger partial charge in [0, 0.05) is 13.1 Å². The molecule has 0 saturated heterocycles. The average Bonchev–Trinajstić information content (AvgIpc) is 2.34. The van der Waals surface area contributed by atoms with Crippen molar-refractivity contribution in [1.82, 2.24) is 0 Å². The first kappa shape index (κ1) is 12.9. The van der Waals surface area contributed by atoms with Gasteiger partial charge in [-0.05, 0) is 25.1 Å². The Labute approximate surface area is 106 Å². The fourth-order valence-electron chi connectivity index (χ4n) is 2.06. The molecule has 1 aliphatic rings. The van der Waals surface area contributed by atoms with Crippen LogP contribution in [0.1, 0.15) is 17.3 Å². The molecule has 1 unspecified atom stereocenters. The number of hydrogen-bond acceptors (Lipinski definition) is 5. The van der Waals surface area contributed by atoms with Gasteiger partial charge >= 0.3 is 5.97 Å². The Morgan fingerprint density at radius 2 is 2.11 bits per heavy atom. The van der Waals surface area contributed by atoms with Crippen LogP contribution in [0.2, 0.25) is 0 Å². The molecular formula is C12H15NO4S. The average molecular weight is 269 g/mol. The van der Waals surface area contributed by atoms with Crippen LogP contribution in [0.25, 0.3) is 0 Å². The predicted molar refractivity (Wildman–Crippen MR) is 67.7 cm³/mol. The number of carbonyl (C=O) groups excluding carboxylic acids is 1. The molecule has 1 atom stereocenters. The molecule has 1 aromatic carbocycles. The number of nitrogens with zero attached hydrogens (tertiary/aromatic N) is 1. The van der Waals surface area contributed by atoms with Crippen molar-refractivity contribution in [3.63, 3.8) is 0 Å². The van der Waals surface area contributed by atoms with E-state index in [1.54, 1.807) is 12.1 Å². The maximum absolute atomic E-state index is 12.1. The number of esters is 1. The number of ether oxygens (including phenoxy) is 1. The van der Waals surface area contributed by atoms with Gasteiger partial charge in [0.25, 0.3) is 0 Å². The van der Waals surface area contributed by atoms with E-state index in [-0.39, 0.29) is 22.3 Å². The molecule has 0 aromatic heterocycles. The molecule has 0 bridgehead atoms. The van der Waals surface area contributed by atoms with Crippen molar-refractivity contribution >= 4 is 21.5 Å². The smallest absolute Gasteiger partial charge is 0.337 e. The maximum Gasteiger partial charge on any atom is 0.337 e. The van der Waals surface area contributed by atoms with Crippen LogP contribution in [0.3, 0.4) is 0 Å². The third-order valence-corrected chi connectivity index (χ3v) is 5.14. The highest BCUT2D eigenvalue weighted by atomic mass is 32.2. The predicted octanol–water partition coefficient (Wildman–Crippen LogP) is 1.09. The number of methoxy groups -OCH3 is 1. The molecule has 0 radical (unpaired) electrons. The van der Waals surface area contributed by atoms with Crippen LogP contribution >= 0.6 is 0 Å². The van der Waals surface area contributed by atoms with Crippen molar-refractivity contribution in [2.45, 2.75) is 17.9 Å². The molecule has 0 saturated carbocycles. The van der Waals surface area contributed by atoms with Crippen molar-refractivity contribution < 1.29 is 17.9 Å². The maximum atomic E-state index is 12.1. The Balaban J connectivity index is 2.61. The van der Waals surface area contributed by atoms with Gasteiger partial charge in [-0.25, -0.2) is 13.2 Å². The topological polar surface area (TPSA) is 63.7 Å². The molecule has 5 nitrogen and oxygen atoms in total. The zero-order valence-electron chi connectivity index (χ0n) is 10.5. The second kappa shape index (κ2) is 4.28. The molecule has 0 amide bonds. The normalized spacial score (nSPS) is 21.3. The minimum Gasteiger partial charge on any atom is -0.465 e. The zero-order chi connectivity index (χ0) is 13.5. The van der Waals surface area contributed by atoms with E-state index in [1.165, 1.54) is 13.2 Å². The first-order chi connectivity index (χ1) is 8.36. The van der Waals surface area contributed by atoms with Gasteiger partial charge in [0.15, 0.2) is 9.84 Å². The summed E-state index contributed by atoms with van der Waals surface area (Å²) in [6, 6.07) is 4.54. The van der Waals surface area contributed by atoms with Crippen molar-refractivity contribution in [1.29, 1.82) is 0 Å². The quantitative estimate of drug-likeness (QED) is 0.714. The third kappa shape index (κ3) is 1.96. The molecule has 6 heteroatoms. The second-order valence-electron chi connectivity index (χ2n) is 4.42. The molecule has 1 aliphatic heterocycles. The summed E-state index contributed by atoms with van der Waals surface area (Å²) in [7, 11) is -0.226. The summed E-state index contributed by atoms with van der Waals surface area (Å²) in [6.07, 6.45) is 0. The largest absolute Gasteiger partial charge is 0.465 e. The van der Waals surface area contributed by atoms with E-state index in [9.17, 15) is 13.2 Å². The van der Waals surface area contributed by atoms with E-state index < -0.39 is 15.8 Å². The van der Waals surface area contributed by atoms with Crippen molar-refractivity contribution in [3.05, 3.63) is 23.8 Å². The van der Waals surface area contributed by atoms with E-state index in [2.05, 4.69) is 4.74 Å². The number of rotatable bonds is 1. The monoisotopic (exact) mass is 269 g/mol. The van der Waals surface area contributed by atoms with Gasteiger partial charge in [-0.3, -0.25) is 0 Å². The van der Waals surface area contributed by atoms with Gasteiger partial charge in [-0.1, -0.05) is 0 Å². The molecule has 98 valence electrons. The summed E-state index contributed by atoms with van der Waals surface area (Å²) in [5, 5.41) is 0. The number of benzene rings is 1. The van der Waals surface area contributed by atoms with Gasteiger partial charge in [0.2, 0.25) is 0 Å². The van der Waals surface area contributed by atoms with Gasteiger partial charge in [-0.2, -0.15) is 0 Å². The highest BCUT2D eigenvalue weighted by molar-refractivity contribution is 7.91. The number of fused-ring (bicyclic) bond motifs is 1. The molecule has 0 spiro atoms. The molecule has 1 heterocycles. The van der Waals surface area contributed by atoms with Crippen LogP contribution in [-0.4, -0.2) is 40.3 Å². The van der Waals surface area contributed by atoms with E-state index >= 15 is 0 Å². The lowest BCUT2D eigenvalue weighted by atomic mass is 10.1. The van der Waals surface area contributed by atoms with Crippen molar-refractivity contribution in [2.75, 3.05) is 24.8 Å². The first-order valence-corrected chi connectivity index (χ1v) is 7.20. The zero-order valence-corrected chi connectivity index (χ0v) is 11.3. The van der Waals surface area contributed by atoms with Crippen LogP contribution in [0.5, 0.6) is 0 Å². The molecule has 0 fully saturated rings. The summed E-state index contributed by atoms with van der Waals surface area (Å²) < 4.78 is 28.8. The van der Waals surface area contributed by atoms with Crippen molar-refractivity contribution in [2.24, 2.45) is 0 Å².